The Bertz CT molecular complexity index is 397. The lowest BCUT2D eigenvalue weighted by Crippen LogP contribution is -2.64. The molecule has 0 bridgehead atoms. The van der Waals surface area contributed by atoms with Crippen LogP contribution in [0.15, 0.2) is 0 Å². The van der Waals surface area contributed by atoms with Gasteiger partial charge in [-0.2, -0.15) is 0 Å². The minimum atomic E-state index is -1.66. The predicted octanol–water partition coefficient (Wildman–Crippen LogP) is -4.03. The standard InChI is InChI=1S/C13H24O10S/c1-24-13-10(20)8(18)11(5(3-15)22-13)23-12-9(19)7(17)6(16)4(2-14)21-12/h4-20H,2-3H2,1H3/t4?,5?,6-,7-,8+,9?,10?,11-,12-,13-/m0/s1. The topological polar surface area (TPSA) is 169 Å². The highest BCUT2D eigenvalue weighted by Crippen LogP contribution is 2.31. The van der Waals surface area contributed by atoms with Gasteiger partial charge < -0.3 is 50.0 Å². The highest BCUT2D eigenvalue weighted by atomic mass is 32.2. The largest absolute Gasteiger partial charge is 0.394 e. The number of aliphatic hydroxyl groups excluding tert-OH is 7. The summed E-state index contributed by atoms with van der Waals surface area (Å²) in [7, 11) is 0. The van der Waals surface area contributed by atoms with Gasteiger partial charge in [-0.3, -0.25) is 0 Å². The maximum absolute atomic E-state index is 10.2. The first-order valence-corrected chi connectivity index (χ1v) is 8.75. The lowest BCUT2D eigenvalue weighted by Gasteiger charge is -2.45. The van der Waals surface area contributed by atoms with E-state index in [1.165, 1.54) is 0 Å². The number of hydrogen-bond acceptors (Lipinski definition) is 11. The van der Waals surface area contributed by atoms with Crippen molar-refractivity contribution in [2.75, 3.05) is 19.5 Å². The molecule has 10 nitrogen and oxygen atoms in total. The fourth-order valence-electron chi connectivity index (χ4n) is 2.75. The third-order valence-electron chi connectivity index (χ3n) is 4.19. The molecular weight excluding hydrogens is 348 g/mol. The first-order chi connectivity index (χ1) is 11.3. The van der Waals surface area contributed by atoms with E-state index >= 15 is 0 Å². The van der Waals surface area contributed by atoms with Crippen molar-refractivity contribution in [3.05, 3.63) is 0 Å². The molecule has 24 heavy (non-hydrogen) atoms. The van der Waals surface area contributed by atoms with Crippen molar-refractivity contribution in [2.45, 2.75) is 60.6 Å². The second-order valence-electron chi connectivity index (χ2n) is 5.74. The number of rotatable bonds is 5. The molecule has 2 heterocycles. The van der Waals surface area contributed by atoms with Crippen molar-refractivity contribution in [3.63, 3.8) is 0 Å². The fraction of sp³-hybridized carbons (Fsp3) is 1.00. The van der Waals surface area contributed by atoms with Crippen LogP contribution in [0.2, 0.25) is 0 Å². The third-order valence-corrected chi connectivity index (χ3v) is 5.05. The van der Waals surface area contributed by atoms with Crippen molar-refractivity contribution >= 4 is 11.8 Å². The van der Waals surface area contributed by atoms with E-state index in [-0.39, 0.29) is 0 Å². The fourth-order valence-corrected chi connectivity index (χ4v) is 3.44. The van der Waals surface area contributed by atoms with Crippen LogP contribution < -0.4 is 0 Å². The van der Waals surface area contributed by atoms with Gasteiger partial charge in [0.05, 0.1) is 13.2 Å². The summed E-state index contributed by atoms with van der Waals surface area (Å²) in [5, 5.41) is 68.3. The average molecular weight is 372 g/mol. The van der Waals surface area contributed by atoms with Crippen LogP contribution in [0, 0.1) is 0 Å². The maximum Gasteiger partial charge on any atom is 0.187 e. The Morgan fingerprint density at radius 1 is 0.792 bits per heavy atom. The molecule has 0 spiro atoms. The van der Waals surface area contributed by atoms with E-state index in [1.807, 2.05) is 0 Å². The molecule has 4 unspecified atom stereocenters. The quantitative estimate of drug-likeness (QED) is 0.251. The van der Waals surface area contributed by atoms with Gasteiger partial charge in [-0.1, -0.05) is 0 Å². The van der Waals surface area contributed by atoms with E-state index in [9.17, 15) is 30.6 Å². The predicted molar refractivity (Wildman–Crippen MR) is 79.9 cm³/mol. The van der Waals surface area contributed by atoms with Gasteiger partial charge in [0.15, 0.2) is 6.29 Å². The molecule has 2 saturated heterocycles. The third kappa shape index (κ3) is 3.86. The van der Waals surface area contributed by atoms with Crippen LogP contribution in [0.4, 0.5) is 0 Å². The molecule has 0 aromatic heterocycles. The van der Waals surface area contributed by atoms with E-state index < -0.39 is 73.8 Å². The Hall–Kier alpha value is -0.0500. The highest BCUT2D eigenvalue weighted by molar-refractivity contribution is 7.99. The SMILES string of the molecule is CS[C@@H]1OC(CO)[C@H](O[C@@H]2OC(CO)[C@H](O)[C@H](O)C2O)[C@H](O)C1O. The van der Waals surface area contributed by atoms with Crippen molar-refractivity contribution in [1.29, 1.82) is 0 Å². The minimum absolute atomic E-state index is 0.525. The van der Waals surface area contributed by atoms with E-state index in [2.05, 4.69) is 0 Å². The van der Waals surface area contributed by atoms with E-state index in [0.29, 0.717) is 0 Å². The molecule has 0 aliphatic carbocycles. The second kappa shape index (κ2) is 8.56. The van der Waals surface area contributed by atoms with Gasteiger partial charge in [-0.15, -0.1) is 11.8 Å². The molecule has 2 rings (SSSR count). The van der Waals surface area contributed by atoms with E-state index in [1.54, 1.807) is 6.26 Å². The number of aliphatic hydroxyl groups is 7. The molecule has 2 fully saturated rings. The molecule has 142 valence electrons. The molecular formula is C13H24O10S. The molecule has 0 radical (unpaired) electrons. The van der Waals surface area contributed by atoms with Crippen LogP contribution in [0.5, 0.6) is 0 Å². The molecule has 0 amide bonds. The van der Waals surface area contributed by atoms with Crippen LogP contribution >= 0.6 is 11.8 Å². The van der Waals surface area contributed by atoms with Gasteiger partial charge in [0.25, 0.3) is 0 Å². The smallest absolute Gasteiger partial charge is 0.187 e. The minimum Gasteiger partial charge on any atom is -0.394 e. The molecule has 0 aromatic carbocycles. The number of thioether (sulfide) groups is 1. The summed E-state index contributed by atoms with van der Waals surface area (Å²) in [5.41, 5.74) is -0.771. The van der Waals surface area contributed by atoms with E-state index in [4.69, 9.17) is 19.3 Å². The summed E-state index contributed by atoms with van der Waals surface area (Å²) in [4.78, 5) is 0. The van der Waals surface area contributed by atoms with Gasteiger partial charge >= 0.3 is 0 Å². The van der Waals surface area contributed by atoms with Crippen LogP contribution in [0.1, 0.15) is 0 Å². The Balaban J connectivity index is 2.12. The molecule has 10 atom stereocenters. The van der Waals surface area contributed by atoms with Gasteiger partial charge in [0, 0.05) is 0 Å². The Morgan fingerprint density at radius 2 is 1.42 bits per heavy atom. The first-order valence-electron chi connectivity index (χ1n) is 7.46. The molecule has 2 aliphatic heterocycles. The average Bonchev–Trinajstić information content (AvgIpc) is 2.59. The van der Waals surface area contributed by atoms with Gasteiger partial charge in [-0.25, -0.2) is 0 Å². The second-order valence-corrected chi connectivity index (χ2v) is 6.68. The Morgan fingerprint density at radius 3 is 1.96 bits per heavy atom. The zero-order valence-corrected chi connectivity index (χ0v) is 13.8. The molecule has 2 aliphatic rings. The van der Waals surface area contributed by atoms with Crippen LogP contribution in [0.25, 0.3) is 0 Å². The summed E-state index contributed by atoms with van der Waals surface area (Å²) >= 11 is 1.14. The summed E-state index contributed by atoms with van der Waals surface area (Å²) < 4.78 is 16.0. The van der Waals surface area contributed by atoms with Crippen LogP contribution in [-0.4, -0.2) is 116 Å². The molecule has 0 aromatic rings. The lowest BCUT2D eigenvalue weighted by molar-refractivity contribution is -0.338. The normalized spacial score (nSPS) is 50.0. The van der Waals surface area contributed by atoms with E-state index in [0.717, 1.165) is 11.8 Å². The summed E-state index contributed by atoms with van der Waals surface area (Å²) in [6.45, 7) is -1.15. The number of ether oxygens (including phenoxy) is 3. The summed E-state index contributed by atoms with van der Waals surface area (Å²) in [6.07, 6.45) is -10.9. The Kier molecular flexibility index (Phi) is 7.22. The van der Waals surface area contributed by atoms with Gasteiger partial charge in [0.2, 0.25) is 0 Å². The van der Waals surface area contributed by atoms with Crippen molar-refractivity contribution in [1.82, 2.24) is 0 Å². The monoisotopic (exact) mass is 372 g/mol. The summed E-state index contributed by atoms with van der Waals surface area (Å²) in [5.74, 6) is 0. The molecule has 11 heteroatoms. The summed E-state index contributed by atoms with van der Waals surface area (Å²) in [6, 6.07) is 0. The zero-order chi connectivity index (χ0) is 18.0. The maximum atomic E-state index is 10.2. The zero-order valence-electron chi connectivity index (χ0n) is 13.0. The molecule has 0 saturated carbocycles. The van der Waals surface area contributed by atoms with Crippen LogP contribution in [0.3, 0.4) is 0 Å². The van der Waals surface area contributed by atoms with Gasteiger partial charge in [-0.05, 0) is 6.26 Å². The molecule has 7 N–H and O–H groups in total. The highest BCUT2D eigenvalue weighted by Gasteiger charge is 2.50. The van der Waals surface area contributed by atoms with Crippen molar-refractivity contribution in [3.8, 4) is 0 Å². The number of hydrogen-bond donors (Lipinski definition) is 7. The van der Waals surface area contributed by atoms with Crippen molar-refractivity contribution in [2.24, 2.45) is 0 Å². The first kappa shape index (κ1) is 20.3. The van der Waals surface area contributed by atoms with Gasteiger partial charge in [0.1, 0.15) is 54.3 Å². The van der Waals surface area contributed by atoms with Crippen molar-refractivity contribution < 1.29 is 50.0 Å². The van der Waals surface area contributed by atoms with Crippen LogP contribution in [-0.2, 0) is 14.2 Å². The lowest BCUT2D eigenvalue weighted by atomic mass is 9.97. The Labute approximate surface area is 142 Å².